The molecule has 6 heteroatoms. The molecule has 0 saturated heterocycles. The third-order valence-corrected chi connectivity index (χ3v) is 5.17. The van der Waals surface area contributed by atoms with Gasteiger partial charge < -0.3 is 4.74 Å². The van der Waals surface area contributed by atoms with Crippen molar-refractivity contribution in [3.8, 4) is 0 Å². The van der Waals surface area contributed by atoms with E-state index in [1.165, 1.54) is 23.9 Å². The second-order valence-electron chi connectivity index (χ2n) is 5.99. The Hall–Kier alpha value is -1.95. The number of aliphatic imine (C=N–C) groups is 1. The smallest absolute Gasteiger partial charge is 0.336 e. The lowest BCUT2D eigenvalue weighted by Gasteiger charge is -2.31. The summed E-state index contributed by atoms with van der Waals surface area (Å²) in [7, 11) is 0. The number of nitrogens with zero attached hydrogens (tertiary/aromatic N) is 1. The fourth-order valence-corrected chi connectivity index (χ4v) is 4.06. The van der Waals surface area contributed by atoms with Gasteiger partial charge in [0.05, 0.1) is 23.8 Å². The molecule has 2 atom stereocenters. The van der Waals surface area contributed by atoms with Crippen molar-refractivity contribution in [3.05, 3.63) is 41.2 Å². The normalized spacial score (nSPS) is 20.0. The lowest BCUT2D eigenvalue weighted by molar-refractivity contribution is -0.139. The summed E-state index contributed by atoms with van der Waals surface area (Å²) in [5.41, 5.74) is 1.92. The van der Waals surface area contributed by atoms with Crippen molar-refractivity contribution >= 4 is 34.3 Å². The van der Waals surface area contributed by atoms with Gasteiger partial charge in [-0.25, -0.2) is 9.18 Å². The molecule has 1 aliphatic rings. The molecule has 140 valence electrons. The number of hydrogen-bond donors (Lipinski definition) is 0. The zero-order valence-electron chi connectivity index (χ0n) is 15.5. The van der Waals surface area contributed by atoms with Crippen LogP contribution in [0, 0.1) is 17.7 Å². The molecule has 1 aromatic rings. The van der Waals surface area contributed by atoms with Crippen molar-refractivity contribution in [1.29, 1.82) is 0 Å². The molecule has 0 aliphatic carbocycles. The van der Waals surface area contributed by atoms with Crippen LogP contribution < -0.4 is 0 Å². The number of benzene rings is 1. The maximum atomic E-state index is 13.7. The standard InChI is InChI=1S/C20H24FNO3S/c1-5-15-16(20(24)26-7-3)12(4)22-18(17(15)19(23)25-6-2)13-9-8-10-14(21)11-13/h8-11,15-16H,5-7H2,1-4H3. The van der Waals surface area contributed by atoms with Gasteiger partial charge in [-0.05, 0) is 38.2 Å². The van der Waals surface area contributed by atoms with E-state index in [4.69, 9.17) is 4.74 Å². The highest BCUT2D eigenvalue weighted by Crippen LogP contribution is 2.40. The van der Waals surface area contributed by atoms with E-state index in [1.807, 2.05) is 13.8 Å². The summed E-state index contributed by atoms with van der Waals surface area (Å²) in [4.78, 5) is 29.9. The van der Waals surface area contributed by atoms with E-state index >= 15 is 0 Å². The molecule has 1 aliphatic heterocycles. The molecule has 0 N–H and O–H groups in total. The molecule has 0 bridgehead atoms. The van der Waals surface area contributed by atoms with Crippen molar-refractivity contribution in [1.82, 2.24) is 0 Å². The first-order chi connectivity index (χ1) is 12.4. The molecule has 0 spiro atoms. The van der Waals surface area contributed by atoms with Gasteiger partial charge in [0.15, 0.2) is 5.12 Å². The highest BCUT2D eigenvalue weighted by atomic mass is 32.2. The molecule has 0 amide bonds. The highest BCUT2D eigenvalue weighted by molar-refractivity contribution is 8.13. The van der Waals surface area contributed by atoms with Gasteiger partial charge in [0.1, 0.15) is 5.82 Å². The minimum Gasteiger partial charge on any atom is -0.463 e. The molecule has 0 radical (unpaired) electrons. The fraction of sp³-hybridized carbons (Fsp3) is 0.450. The average molecular weight is 377 g/mol. The number of ether oxygens (including phenoxy) is 1. The predicted octanol–water partition coefficient (Wildman–Crippen LogP) is 4.50. The minimum absolute atomic E-state index is 0.000640. The van der Waals surface area contributed by atoms with E-state index in [0.717, 1.165) is 0 Å². The Kier molecular flexibility index (Phi) is 7.14. The molecule has 0 saturated carbocycles. The van der Waals surface area contributed by atoms with E-state index in [-0.39, 0.29) is 17.6 Å². The predicted molar refractivity (Wildman–Crippen MR) is 103 cm³/mol. The first-order valence-corrected chi connectivity index (χ1v) is 9.82. The fourth-order valence-electron chi connectivity index (χ4n) is 3.26. The van der Waals surface area contributed by atoms with Crippen LogP contribution in [-0.4, -0.2) is 29.2 Å². The molecule has 1 aromatic carbocycles. The van der Waals surface area contributed by atoms with E-state index in [1.54, 1.807) is 26.0 Å². The van der Waals surface area contributed by atoms with E-state index in [2.05, 4.69) is 4.99 Å². The maximum absolute atomic E-state index is 13.7. The SMILES string of the molecule is CCOC(=O)C1=C(c2cccc(F)c2)N=C(C)C(C(=O)SCC)C1CC. The third-order valence-electron chi connectivity index (χ3n) is 4.34. The van der Waals surface area contributed by atoms with Gasteiger partial charge in [0, 0.05) is 17.2 Å². The van der Waals surface area contributed by atoms with Gasteiger partial charge in [-0.15, -0.1) is 0 Å². The minimum atomic E-state index is -0.492. The Balaban J connectivity index is 2.64. The summed E-state index contributed by atoms with van der Waals surface area (Å²) in [5.74, 6) is -1.04. The van der Waals surface area contributed by atoms with Gasteiger partial charge in [0.25, 0.3) is 0 Å². The number of rotatable bonds is 6. The Morgan fingerprint density at radius 2 is 2.00 bits per heavy atom. The first kappa shape index (κ1) is 20.4. The monoisotopic (exact) mass is 377 g/mol. The Morgan fingerprint density at radius 3 is 2.58 bits per heavy atom. The summed E-state index contributed by atoms with van der Waals surface area (Å²) in [6, 6.07) is 5.98. The van der Waals surface area contributed by atoms with Crippen molar-refractivity contribution in [2.24, 2.45) is 16.8 Å². The molecule has 26 heavy (non-hydrogen) atoms. The number of halogens is 1. The summed E-state index contributed by atoms with van der Waals surface area (Å²) in [5, 5.41) is 0.000640. The van der Waals surface area contributed by atoms with Crippen LogP contribution in [0.25, 0.3) is 5.70 Å². The topological polar surface area (TPSA) is 55.7 Å². The van der Waals surface area contributed by atoms with Gasteiger partial charge in [0.2, 0.25) is 0 Å². The number of carbonyl (C=O) groups is 2. The lowest BCUT2D eigenvalue weighted by Crippen LogP contribution is -2.35. The van der Waals surface area contributed by atoms with Gasteiger partial charge in [-0.3, -0.25) is 9.79 Å². The summed E-state index contributed by atoms with van der Waals surface area (Å²) >= 11 is 1.23. The largest absolute Gasteiger partial charge is 0.463 e. The quantitative estimate of drug-likeness (QED) is 0.685. The average Bonchev–Trinajstić information content (AvgIpc) is 2.60. The summed E-state index contributed by atoms with van der Waals surface area (Å²) in [6.45, 7) is 7.60. The van der Waals surface area contributed by atoms with Crippen molar-refractivity contribution in [2.75, 3.05) is 12.4 Å². The maximum Gasteiger partial charge on any atom is 0.336 e. The Labute approximate surface area is 157 Å². The molecule has 0 fully saturated rings. The Morgan fingerprint density at radius 1 is 1.27 bits per heavy atom. The van der Waals surface area contributed by atoms with Crippen LogP contribution in [0.2, 0.25) is 0 Å². The zero-order valence-corrected chi connectivity index (χ0v) is 16.4. The van der Waals surface area contributed by atoms with Gasteiger partial charge in [-0.2, -0.15) is 0 Å². The van der Waals surface area contributed by atoms with E-state index < -0.39 is 17.7 Å². The highest BCUT2D eigenvalue weighted by Gasteiger charge is 2.40. The summed E-state index contributed by atoms with van der Waals surface area (Å²) in [6.07, 6.45) is 0.584. The van der Waals surface area contributed by atoms with Gasteiger partial charge in [-0.1, -0.05) is 37.7 Å². The number of esters is 1. The number of thioether (sulfide) groups is 1. The summed E-state index contributed by atoms with van der Waals surface area (Å²) < 4.78 is 19.0. The molecule has 4 nitrogen and oxygen atoms in total. The molecule has 2 rings (SSSR count). The first-order valence-electron chi connectivity index (χ1n) is 8.83. The molecule has 2 unspecified atom stereocenters. The van der Waals surface area contributed by atoms with Gasteiger partial charge >= 0.3 is 5.97 Å². The molecular weight excluding hydrogens is 353 g/mol. The molecule has 0 aromatic heterocycles. The van der Waals surface area contributed by atoms with Crippen molar-refractivity contribution < 1.29 is 18.7 Å². The lowest BCUT2D eigenvalue weighted by atomic mass is 9.78. The second kappa shape index (κ2) is 9.12. The van der Waals surface area contributed by atoms with Crippen LogP contribution in [0.4, 0.5) is 4.39 Å². The second-order valence-corrected chi connectivity index (χ2v) is 7.26. The van der Waals surface area contributed by atoms with Crippen LogP contribution in [0.3, 0.4) is 0 Å². The zero-order chi connectivity index (χ0) is 19.3. The van der Waals surface area contributed by atoms with E-state index in [0.29, 0.717) is 34.7 Å². The van der Waals surface area contributed by atoms with Crippen molar-refractivity contribution in [2.45, 2.75) is 34.1 Å². The van der Waals surface area contributed by atoms with Crippen LogP contribution in [-0.2, 0) is 14.3 Å². The van der Waals surface area contributed by atoms with Crippen LogP contribution in [0.1, 0.15) is 39.7 Å². The van der Waals surface area contributed by atoms with E-state index in [9.17, 15) is 14.0 Å². The Bertz CT molecular complexity index is 757. The number of carbonyl (C=O) groups excluding carboxylic acids is 2. The van der Waals surface area contributed by atoms with Crippen LogP contribution in [0.15, 0.2) is 34.8 Å². The number of hydrogen-bond acceptors (Lipinski definition) is 5. The molecular formula is C20H24FNO3S. The van der Waals surface area contributed by atoms with Crippen LogP contribution in [0.5, 0.6) is 0 Å². The van der Waals surface area contributed by atoms with Crippen molar-refractivity contribution in [3.63, 3.8) is 0 Å². The van der Waals surface area contributed by atoms with Crippen LogP contribution >= 0.6 is 11.8 Å². The molecule has 1 heterocycles. The third kappa shape index (κ3) is 4.23.